The average molecular weight is 552 g/mol. The van der Waals surface area contributed by atoms with E-state index in [1.807, 2.05) is 13.8 Å². The van der Waals surface area contributed by atoms with E-state index < -0.39 is 36.2 Å². The van der Waals surface area contributed by atoms with Crippen molar-refractivity contribution in [2.45, 2.75) is 77.2 Å². The number of piperidine rings is 1. The lowest BCUT2D eigenvalue weighted by molar-refractivity contribution is -0.133. The predicted molar refractivity (Wildman–Crippen MR) is 142 cm³/mol. The molecule has 11 heteroatoms. The zero-order valence-corrected chi connectivity index (χ0v) is 23.2. The molecule has 2 fully saturated rings. The number of anilines is 1. The number of hydrogen-bond acceptors (Lipinski definition) is 7. The third-order valence-corrected chi connectivity index (χ3v) is 8.17. The lowest BCUT2D eigenvalue weighted by Crippen LogP contribution is -2.46. The maximum absolute atomic E-state index is 14.9. The lowest BCUT2D eigenvalue weighted by atomic mass is 9.84. The van der Waals surface area contributed by atoms with Crippen molar-refractivity contribution in [3.63, 3.8) is 0 Å². The second-order valence-electron chi connectivity index (χ2n) is 11.4. The Bertz CT molecular complexity index is 1120. The molecule has 0 aliphatic carbocycles. The number of likely N-dealkylation sites (tertiary alicyclic amines) is 1. The quantitative estimate of drug-likeness (QED) is 0.446. The van der Waals surface area contributed by atoms with Gasteiger partial charge >= 0.3 is 6.01 Å². The van der Waals surface area contributed by atoms with E-state index in [1.165, 1.54) is 6.07 Å². The molecule has 2 N–H and O–H groups in total. The highest BCUT2D eigenvalue weighted by atomic mass is 19.3. The Morgan fingerprint density at radius 3 is 2.51 bits per heavy atom. The number of halogens is 3. The number of nitrogens with two attached hydrogens (primary N) is 1. The highest BCUT2D eigenvalue weighted by Crippen LogP contribution is 2.32. The van der Waals surface area contributed by atoms with Crippen molar-refractivity contribution in [3.8, 4) is 5.75 Å². The van der Waals surface area contributed by atoms with Crippen molar-refractivity contribution in [3.05, 3.63) is 35.4 Å². The molecular formula is C28H40F3N5O3. The lowest BCUT2D eigenvalue weighted by Gasteiger charge is -2.33. The first-order valence-electron chi connectivity index (χ1n) is 13.9. The standard InChI is InChI=1S/C28H40F3N5O3/c1-17(2)25-33-27(39-34-25)35-11-7-20(8-12-35)18(3)9-14-38-21-5-6-22(23(29)15-21)19(4)24(32)26(37)36-13-10-28(30,31)16-36/h5-6,15,17-20,24H,7-14,16,32H2,1-4H3/t18?,19-,24-/m0/s1. The average Bonchev–Trinajstić information content (AvgIpc) is 3.54. The molecule has 2 saturated heterocycles. The summed E-state index contributed by atoms with van der Waals surface area (Å²) in [7, 11) is 0. The Balaban J connectivity index is 1.22. The third kappa shape index (κ3) is 7.04. The van der Waals surface area contributed by atoms with Gasteiger partial charge in [-0.15, -0.1) is 0 Å². The molecule has 216 valence electrons. The van der Waals surface area contributed by atoms with Crippen LogP contribution in [0.4, 0.5) is 19.2 Å². The normalized spacial score (nSPS) is 20.3. The first kappa shape index (κ1) is 29.2. The zero-order chi connectivity index (χ0) is 28.3. The van der Waals surface area contributed by atoms with Gasteiger partial charge in [0, 0.05) is 44.0 Å². The molecule has 2 aromatic rings. The zero-order valence-electron chi connectivity index (χ0n) is 23.2. The van der Waals surface area contributed by atoms with Crippen molar-refractivity contribution in [1.82, 2.24) is 15.0 Å². The molecule has 3 atom stereocenters. The molecule has 1 aromatic heterocycles. The van der Waals surface area contributed by atoms with E-state index in [0.29, 0.717) is 30.2 Å². The van der Waals surface area contributed by atoms with E-state index in [0.717, 1.165) is 43.1 Å². The van der Waals surface area contributed by atoms with Gasteiger partial charge in [-0.25, -0.2) is 13.2 Å². The van der Waals surface area contributed by atoms with E-state index in [1.54, 1.807) is 19.1 Å². The Morgan fingerprint density at radius 1 is 1.21 bits per heavy atom. The Hall–Kier alpha value is -2.82. The Labute approximate surface area is 228 Å². The minimum atomic E-state index is -2.90. The first-order valence-corrected chi connectivity index (χ1v) is 13.9. The fraction of sp³-hybridized carbons (Fsp3) is 0.679. The third-order valence-electron chi connectivity index (χ3n) is 8.17. The number of benzene rings is 1. The van der Waals surface area contributed by atoms with Crippen LogP contribution in [0.1, 0.15) is 76.6 Å². The second-order valence-corrected chi connectivity index (χ2v) is 11.4. The van der Waals surface area contributed by atoms with Crippen LogP contribution in [0.15, 0.2) is 22.7 Å². The van der Waals surface area contributed by atoms with Crippen LogP contribution in [-0.2, 0) is 4.79 Å². The molecule has 0 spiro atoms. The number of rotatable bonds is 10. The number of carbonyl (C=O) groups excluding carboxylic acids is 1. The van der Waals surface area contributed by atoms with E-state index in [2.05, 4.69) is 22.0 Å². The van der Waals surface area contributed by atoms with Gasteiger partial charge in [-0.1, -0.05) is 38.9 Å². The molecular weight excluding hydrogens is 511 g/mol. The van der Waals surface area contributed by atoms with E-state index >= 15 is 0 Å². The summed E-state index contributed by atoms with van der Waals surface area (Å²) >= 11 is 0. The number of hydrogen-bond donors (Lipinski definition) is 1. The second kappa shape index (κ2) is 12.1. The van der Waals surface area contributed by atoms with Crippen LogP contribution in [-0.4, -0.2) is 65.7 Å². The molecule has 8 nitrogen and oxygen atoms in total. The molecule has 4 rings (SSSR count). The van der Waals surface area contributed by atoms with Gasteiger partial charge in [-0.3, -0.25) is 4.79 Å². The largest absolute Gasteiger partial charge is 0.493 e. The predicted octanol–water partition coefficient (Wildman–Crippen LogP) is 4.95. The summed E-state index contributed by atoms with van der Waals surface area (Å²) in [5.41, 5.74) is 6.32. The number of ether oxygens (including phenoxy) is 1. The van der Waals surface area contributed by atoms with Gasteiger partial charge in [0.25, 0.3) is 5.92 Å². The molecule has 1 unspecified atom stereocenters. The molecule has 0 bridgehead atoms. The smallest absolute Gasteiger partial charge is 0.324 e. The van der Waals surface area contributed by atoms with E-state index in [4.69, 9.17) is 15.0 Å². The summed E-state index contributed by atoms with van der Waals surface area (Å²) in [4.78, 5) is 20.3. The number of amides is 1. The minimum Gasteiger partial charge on any atom is -0.493 e. The fourth-order valence-corrected chi connectivity index (χ4v) is 5.36. The minimum absolute atomic E-state index is 0.0448. The fourth-order valence-electron chi connectivity index (χ4n) is 5.36. The first-order chi connectivity index (χ1) is 18.4. The van der Waals surface area contributed by atoms with Gasteiger partial charge in [-0.2, -0.15) is 4.98 Å². The topological polar surface area (TPSA) is 97.7 Å². The molecule has 2 aliphatic rings. The van der Waals surface area contributed by atoms with Gasteiger partial charge < -0.3 is 24.8 Å². The Morgan fingerprint density at radius 2 is 1.92 bits per heavy atom. The maximum Gasteiger partial charge on any atom is 0.324 e. The number of alkyl halides is 2. The molecule has 2 aliphatic heterocycles. The van der Waals surface area contributed by atoms with Gasteiger partial charge in [0.1, 0.15) is 11.6 Å². The van der Waals surface area contributed by atoms with Crippen LogP contribution in [0.2, 0.25) is 0 Å². The van der Waals surface area contributed by atoms with Crippen molar-refractivity contribution >= 4 is 11.9 Å². The Kier molecular flexibility index (Phi) is 9.08. The number of nitrogens with zero attached hydrogens (tertiary/aromatic N) is 4. The molecule has 1 amide bonds. The van der Waals surface area contributed by atoms with Crippen LogP contribution in [0.25, 0.3) is 0 Å². The van der Waals surface area contributed by atoms with E-state index in [9.17, 15) is 18.0 Å². The van der Waals surface area contributed by atoms with Crippen LogP contribution >= 0.6 is 0 Å². The molecule has 0 saturated carbocycles. The highest BCUT2D eigenvalue weighted by Gasteiger charge is 2.42. The van der Waals surface area contributed by atoms with Crippen molar-refractivity contribution in [2.75, 3.05) is 37.7 Å². The SMILES string of the molecule is CC(C)c1noc(N2CCC(C(C)CCOc3ccc([C@H](C)[C@H](N)C(=O)N4CCC(F)(F)C4)c(F)c3)CC2)n1. The monoisotopic (exact) mass is 551 g/mol. The van der Waals surface area contributed by atoms with Crippen LogP contribution in [0.5, 0.6) is 5.75 Å². The highest BCUT2D eigenvalue weighted by molar-refractivity contribution is 5.83. The maximum atomic E-state index is 14.9. The van der Waals surface area contributed by atoms with Gasteiger partial charge in [0.15, 0.2) is 5.82 Å². The van der Waals surface area contributed by atoms with Crippen molar-refractivity contribution in [2.24, 2.45) is 17.6 Å². The van der Waals surface area contributed by atoms with Crippen molar-refractivity contribution < 1.29 is 27.2 Å². The summed E-state index contributed by atoms with van der Waals surface area (Å²) in [6.07, 6.45) is 2.51. The molecule has 0 radical (unpaired) electrons. The summed E-state index contributed by atoms with van der Waals surface area (Å²) in [6.45, 7) is 9.42. The summed E-state index contributed by atoms with van der Waals surface area (Å²) in [5, 5.41) is 4.05. The summed E-state index contributed by atoms with van der Waals surface area (Å²) < 4.78 is 53.2. The van der Waals surface area contributed by atoms with Gasteiger partial charge in [0.2, 0.25) is 5.91 Å². The van der Waals surface area contributed by atoms with Crippen LogP contribution in [0.3, 0.4) is 0 Å². The summed E-state index contributed by atoms with van der Waals surface area (Å²) in [6, 6.07) is 4.00. The van der Waals surface area contributed by atoms with Gasteiger partial charge in [-0.05, 0) is 42.7 Å². The number of aromatic nitrogens is 2. The number of carbonyl (C=O) groups is 1. The van der Waals surface area contributed by atoms with E-state index in [-0.39, 0.29) is 24.4 Å². The van der Waals surface area contributed by atoms with Gasteiger partial charge in [0.05, 0.1) is 19.2 Å². The van der Waals surface area contributed by atoms with Crippen molar-refractivity contribution in [1.29, 1.82) is 0 Å². The summed E-state index contributed by atoms with van der Waals surface area (Å²) in [5.74, 6) is -2.34. The van der Waals surface area contributed by atoms with Crippen LogP contribution in [0, 0.1) is 17.7 Å². The van der Waals surface area contributed by atoms with Crippen LogP contribution < -0.4 is 15.4 Å². The molecule has 39 heavy (non-hydrogen) atoms. The molecule has 3 heterocycles. The molecule has 1 aromatic carbocycles.